The fourth-order valence-electron chi connectivity index (χ4n) is 2.36. The summed E-state index contributed by atoms with van der Waals surface area (Å²) < 4.78 is 0. The van der Waals surface area contributed by atoms with E-state index in [9.17, 15) is 9.90 Å². The molecule has 1 amide bonds. The maximum atomic E-state index is 11.8. The first-order valence-corrected chi connectivity index (χ1v) is 6.81. The van der Waals surface area contributed by atoms with E-state index in [4.69, 9.17) is 0 Å². The molecule has 0 spiro atoms. The zero-order valence-corrected chi connectivity index (χ0v) is 12.4. The molecule has 19 heavy (non-hydrogen) atoms. The van der Waals surface area contributed by atoms with Gasteiger partial charge in [0, 0.05) is 18.5 Å². The summed E-state index contributed by atoms with van der Waals surface area (Å²) in [6, 6.07) is 7.06. The largest absolute Gasteiger partial charge is 0.508 e. The Hall–Kier alpha value is -1.51. The van der Waals surface area contributed by atoms with Gasteiger partial charge < -0.3 is 10.4 Å². The first-order chi connectivity index (χ1) is 8.78. The van der Waals surface area contributed by atoms with Crippen molar-refractivity contribution in [1.82, 2.24) is 5.32 Å². The molecule has 0 aliphatic rings. The zero-order valence-electron chi connectivity index (χ0n) is 12.4. The number of carbonyl (C=O) groups is 1. The second-order valence-electron chi connectivity index (χ2n) is 6.48. The summed E-state index contributed by atoms with van der Waals surface area (Å²) in [6.07, 6.45) is 1.56. The molecule has 0 heterocycles. The molecule has 0 saturated carbocycles. The predicted octanol–water partition coefficient (Wildman–Crippen LogP) is 3.47. The van der Waals surface area contributed by atoms with Gasteiger partial charge in [-0.3, -0.25) is 4.79 Å². The first-order valence-electron chi connectivity index (χ1n) is 6.81. The smallest absolute Gasteiger partial charge is 0.220 e. The molecular weight excluding hydrogens is 238 g/mol. The van der Waals surface area contributed by atoms with Crippen LogP contribution >= 0.6 is 0 Å². The molecule has 2 N–H and O–H groups in total. The van der Waals surface area contributed by atoms with Gasteiger partial charge in [-0.25, -0.2) is 0 Å². The van der Waals surface area contributed by atoms with Gasteiger partial charge in [0.15, 0.2) is 0 Å². The van der Waals surface area contributed by atoms with Crippen molar-refractivity contribution in [1.29, 1.82) is 0 Å². The van der Waals surface area contributed by atoms with Gasteiger partial charge in [0.25, 0.3) is 0 Å². The van der Waals surface area contributed by atoms with Crippen molar-refractivity contribution in [3.8, 4) is 5.75 Å². The summed E-state index contributed by atoms with van der Waals surface area (Å²) in [5.41, 5.74) is 0.997. The monoisotopic (exact) mass is 263 g/mol. The van der Waals surface area contributed by atoms with Gasteiger partial charge in [-0.1, -0.05) is 45.9 Å². The molecule has 1 atom stereocenters. The Morgan fingerprint density at radius 3 is 2.53 bits per heavy atom. The van der Waals surface area contributed by atoms with E-state index in [0.717, 1.165) is 12.0 Å². The van der Waals surface area contributed by atoms with Crippen LogP contribution in [0.2, 0.25) is 0 Å². The Morgan fingerprint density at radius 2 is 1.95 bits per heavy atom. The number of rotatable bonds is 5. The first kappa shape index (κ1) is 15.5. The molecule has 0 fully saturated rings. The average Bonchev–Trinajstić information content (AvgIpc) is 2.25. The van der Waals surface area contributed by atoms with E-state index in [2.05, 4.69) is 33.0 Å². The summed E-state index contributed by atoms with van der Waals surface area (Å²) in [6.45, 7) is 9.04. The van der Waals surface area contributed by atoms with Gasteiger partial charge in [0.1, 0.15) is 5.75 Å². The van der Waals surface area contributed by atoms with Crippen LogP contribution in [-0.4, -0.2) is 11.0 Å². The minimum atomic E-state index is 0.0417. The van der Waals surface area contributed by atoms with Crippen LogP contribution in [0.5, 0.6) is 5.75 Å². The molecule has 3 nitrogen and oxygen atoms in total. The van der Waals surface area contributed by atoms with E-state index in [-0.39, 0.29) is 17.1 Å². The minimum Gasteiger partial charge on any atom is -0.508 e. The lowest BCUT2D eigenvalue weighted by atomic mass is 9.84. The summed E-state index contributed by atoms with van der Waals surface area (Å²) >= 11 is 0. The van der Waals surface area contributed by atoms with E-state index in [1.54, 1.807) is 12.1 Å². The van der Waals surface area contributed by atoms with E-state index < -0.39 is 0 Å². The van der Waals surface area contributed by atoms with Gasteiger partial charge >= 0.3 is 0 Å². The van der Waals surface area contributed by atoms with Crippen LogP contribution in [-0.2, 0) is 11.3 Å². The normalized spacial score (nSPS) is 13.1. The lowest BCUT2D eigenvalue weighted by molar-refractivity contribution is -0.122. The standard InChI is InChI=1S/C16H25NO2/c1-12(10-16(2,3)4)9-15(19)17-11-13-7-5-6-8-14(13)18/h5-8,12,18H,9-11H2,1-4H3,(H,17,19). The zero-order chi connectivity index (χ0) is 14.5. The second-order valence-corrected chi connectivity index (χ2v) is 6.48. The average molecular weight is 263 g/mol. The van der Waals surface area contributed by atoms with Crippen LogP contribution in [0.25, 0.3) is 0 Å². The Bertz CT molecular complexity index is 421. The van der Waals surface area contributed by atoms with Crippen molar-refractivity contribution in [3.05, 3.63) is 29.8 Å². The Labute approximate surface area is 116 Å². The number of phenols is 1. The quantitative estimate of drug-likeness (QED) is 0.854. The molecule has 0 bridgehead atoms. The predicted molar refractivity (Wildman–Crippen MR) is 77.8 cm³/mol. The number of amides is 1. The van der Waals surface area contributed by atoms with Crippen LogP contribution in [0.4, 0.5) is 0 Å². The molecule has 1 rings (SSSR count). The van der Waals surface area contributed by atoms with Crippen molar-refractivity contribution in [3.63, 3.8) is 0 Å². The van der Waals surface area contributed by atoms with Crippen LogP contribution in [0, 0.1) is 11.3 Å². The lowest BCUT2D eigenvalue weighted by Crippen LogP contribution is -2.25. The van der Waals surface area contributed by atoms with Gasteiger partial charge in [-0.15, -0.1) is 0 Å². The van der Waals surface area contributed by atoms with E-state index in [1.165, 1.54) is 0 Å². The maximum absolute atomic E-state index is 11.8. The van der Waals surface area contributed by atoms with E-state index >= 15 is 0 Å². The van der Waals surface area contributed by atoms with E-state index in [1.807, 2.05) is 12.1 Å². The molecule has 0 aromatic heterocycles. The molecular formula is C16H25NO2. The molecule has 0 radical (unpaired) electrons. The highest BCUT2D eigenvalue weighted by Gasteiger charge is 2.17. The van der Waals surface area contributed by atoms with Crippen LogP contribution in [0.3, 0.4) is 0 Å². The SMILES string of the molecule is CC(CC(=O)NCc1ccccc1O)CC(C)(C)C. The van der Waals surface area contributed by atoms with Crippen molar-refractivity contribution < 1.29 is 9.90 Å². The Morgan fingerprint density at radius 1 is 1.32 bits per heavy atom. The third-order valence-corrected chi connectivity index (χ3v) is 2.96. The third kappa shape index (κ3) is 6.27. The van der Waals surface area contributed by atoms with Gasteiger partial charge in [-0.05, 0) is 23.8 Å². The van der Waals surface area contributed by atoms with Gasteiger partial charge in [0.05, 0.1) is 0 Å². The Balaban J connectivity index is 2.38. The van der Waals surface area contributed by atoms with Crippen molar-refractivity contribution in [2.45, 2.75) is 47.1 Å². The molecule has 0 aliphatic carbocycles. The van der Waals surface area contributed by atoms with Crippen LogP contribution in [0.1, 0.15) is 46.1 Å². The molecule has 1 aromatic rings. The number of hydrogen-bond acceptors (Lipinski definition) is 2. The fourth-order valence-corrected chi connectivity index (χ4v) is 2.36. The molecule has 106 valence electrons. The highest BCUT2D eigenvalue weighted by Crippen LogP contribution is 2.25. The number of hydrogen-bond donors (Lipinski definition) is 2. The lowest BCUT2D eigenvalue weighted by Gasteiger charge is -2.22. The number of nitrogens with one attached hydrogen (secondary N) is 1. The number of benzene rings is 1. The van der Waals surface area contributed by atoms with Crippen molar-refractivity contribution in [2.24, 2.45) is 11.3 Å². The molecule has 0 aliphatic heterocycles. The van der Waals surface area contributed by atoms with Crippen molar-refractivity contribution >= 4 is 5.91 Å². The van der Waals surface area contributed by atoms with Crippen LogP contribution < -0.4 is 5.32 Å². The maximum Gasteiger partial charge on any atom is 0.220 e. The summed E-state index contributed by atoms with van der Waals surface area (Å²) in [5, 5.41) is 12.5. The summed E-state index contributed by atoms with van der Waals surface area (Å²) in [7, 11) is 0. The number of aromatic hydroxyl groups is 1. The summed E-state index contributed by atoms with van der Waals surface area (Å²) in [5.74, 6) is 0.634. The fraction of sp³-hybridized carbons (Fsp3) is 0.562. The van der Waals surface area contributed by atoms with Gasteiger partial charge in [-0.2, -0.15) is 0 Å². The molecule has 1 aromatic carbocycles. The number of phenolic OH excluding ortho intramolecular Hbond substituents is 1. The van der Waals surface area contributed by atoms with E-state index in [0.29, 0.717) is 18.9 Å². The number of carbonyl (C=O) groups excluding carboxylic acids is 1. The van der Waals surface area contributed by atoms with Crippen molar-refractivity contribution in [2.75, 3.05) is 0 Å². The highest BCUT2D eigenvalue weighted by molar-refractivity contribution is 5.76. The second kappa shape index (κ2) is 6.60. The number of para-hydroxylation sites is 1. The Kier molecular flexibility index (Phi) is 5.40. The summed E-state index contributed by atoms with van der Waals surface area (Å²) in [4.78, 5) is 11.8. The molecule has 1 unspecified atom stereocenters. The highest BCUT2D eigenvalue weighted by atomic mass is 16.3. The van der Waals surface area contributed by atoms with Crippen LogP contribution in [0.15, 0.2) is 24.3 Å². The molecule has 3 heteroatoms. The van der Waals surface area contributed by atoms with Gasteiger partial charge in [0.2, 0.25) is 5.91 Å². The molecule has 0 saturated heterocycles. The third-order valence-electron chi connectivity index (χ3n) is 2.96. The minimum absolute atomic E-state index is 0.0417. The topological polar surface area (TPSA) is 49.3 Å².